The Morgan fingerprint density at radius 3 is 2.67 bits per heavy atom. The molecule has 4 heteroatoms. The van der Waals surface area contributed by atoms with Crippen LogP contribution in [0.25, 0.3) is 0 Å². The summed E-state index contributed by atoms with van der Waals surface area (Å²) in [6.45, 7) is 6.97. The molecule has 0 radical (unpaired) electrons. The summed E-state index contributed by atoms with van der Waals surface area (Å²) in [6, 6.07) is 0. The molecule has 0 spiro atoms. The van der Waals surface area contributed by atoms with E-state index >= 15 is 0 Å². The third-order valence-corrected chi connectivity index (χ3v) is 2.93. The lowest BCUT2D eigenvalue weighted by Gasteiger charge is -2.38. The molecule has 0 aromatic carbocycles. The Morgan fingerprint density at radius 2 is 2.20 bits per heavy atom. The van der Waals surface area contributed by atoms with Crippen LogP contribution in [0.5, 0.6) is 0 Å². The van der Waals surface area contributed by atoms with E-state index in [1.807, 2.05) is 6.92 Å². The minimum Gasteiger partial charge on any atom is -0.510 e. The first-order valence-corrected chi connectivity index (χ1v) is 5.31. The highest BCUT2D eigenvalue weighted by Gasteiger charge is 2.36. The molecule has 0 saturated carbocycles. The van der Waals surface area contributed by atoms with Gasteiger partial charge in [-0.25, -0.2) is 0 Å². The van der Waals surface area contributed by atoms with Crippen molar-refractivity contribution in [2.24, 2.45) is 5.92 Å². The summed E-state index contributed by atoms with van der Waals surface area (Å²) in [5, 5.41) is 28.3. The first-order chi connectivity index (χ1) is 6.91. The van der Waals surface area contributed by atoms with Gasteiger partial charge in [0.25, 0.3) is 0 Å². The molecule has 4 nitrogen and oxygen atoms in total. The van der Waals surface area contributed by atoms with Gasteiger partial charge in [0.1, 0.15) is 11.9 Å². The highest BCUT2D eigenvalue weighted by Crippen LogP contribution is 2.30. The highest BCUT2D eigenvalue weighted by molar-refractivity contribution is 4.97. The summed E-state index contributed by atoms with van der Waals surface area (Å²) in [5.74, 6) is -0.0910. The molecule has 3 N–H and O–H groups in total. The Morgan fingerprint density at radius 1 is 1.60 bits per heavy atom. The van der Waals surface area contributed by atoms with E-state index in [-0.39, 0.29) is 17.8 Å². The minimum atomic E-state index is -0.517. The van der Waals surface area contributed by atoms with Gasteiger partial charge in [0.2, 0.25) is 0 Å². The zero-order chi connectivity index (χ0) is 11.6. The zero-order valence-corrected chi connectivity index (χ0v) is 9.26. The van der Waals surface area contributed by atoms with Crippen LogP contribution in [0.3, 0.4) is 0 Å². The number of rotatable bonds is 3. The molecule has 15 heavy (non-hydrogen) atoms. The second kappa shape index (κ2) is 4.96. The van der Waals surface area contributed by atoms with E-state index in [0.29, 0.717) is 12.8 Å². The van der Waals surface area contributed by atoms with Gasteiger partial charge in [0, 0.05) is 12.3 Å². The van der Waals surface area contributed by atoms with E-state index in [1.165, 1.54) is 0 Å². The Bertz CT molecular complexity index is 227. The van der Waals surface area contributed by atoms with Gasteiger partial charge in [-0.3, -0.25) is 0 Å². The molecular weight excluding hydrogens is 196 g/mol. The van der Waals surface area contributed by atoms with Crippen molar-refractivity contribution in [3.8, 4) is 0 Å². The lowest BCUT2D eigenvalue weighted by Crippen LogP contribution is -2.44. The van der Waals surface area contributed by atoms with Crippen LogP contribution in [0.4, 0.5) is 0 Å². The van der Waals surface area contributed by atoms with E-state index < -0.39 is 18.3 Å². The van der Waals surface area contributed by atoms with Crippen molar-refractivity contribution in [2.75, 3.05) is 0 Å². The van der Waals surface area contributed by atoms with E-state index in [0.717, 1.165) is 0 Å². The maximum atomic E-state index is 9.77. The number of aliphatic hydroxyl groups is 3. The van der Waals surface area contributed by atoms with Crippen molar-refractivity contribution in [1.29, 1.82) is 0 Å². The van der Waals surface area contributed by atoms with Crippen LogP contribution >= 0.6 is 0 Å². The van der Waals surface area contributed by atoms with Crippen molar-refractivity contribution in [3.05, 3.63) is 12.3 Å². The smallest absolute Gasteiger partial charge is 0.116 e. The van der Waals surface area contributed by atoms with Crippen LogP contribution in [0, 0.1) is 5.92 Å². The number of aliphatic hydroxyl groups excluding tert-OH is 3. The third kappa shape index (κ3) is 3.19. The molecule has 0 bridgehead atoms. The summed E-state index contributed by atoms with van der Waals surface area (Å²) in [6.07, 6.45) is -0.913. The number of ether oxygens (including phenoxy) is 1. The second-order valence-electron chi connectivity index (χ2n) is 4.40. The zero-order valence-electron chi connectivity index (χ0n) is 9.26. The molecule has 5 atom stereocenters. The van der Waals surface area contributed by atoms with E-state index in [9.17, 15) is 15.3 Å². The third-order valence-electron chi connectivity index (χ3n) is 2.93. The predicted molar refractivity (Wildman–Crippen MR) is 56.5 cm³/mol. The molecule has 0 aromatic heterocycles. The van der Waals surface area contributed by atoms with Crippen LogP contribution in [0.2, 0.25) is 0 Å². The summed E-state index contributed by atoms with van der Waals surface area (Å²) in [7, 11) is 0. The summed E-state index contributed by atoms with van der Waals surface area (Å²) in [5.41, 5.74) is 0. The maximum Gasteiger partial charge on any atom is 0.116 e. The molecule has 1 rings (SSSR count). The fourth-order valence-corrected chi connectivity index (χ4v) is 1.89. The van der Waals surface area contributed by atoms with Crippen molar-refractivity contribution in [3.63, 3.8) is 0 Å². The van der Waals surface area contributed by atoms with Crippen molar-refractivity contribution >= 4 is 0 Å². The average molecular weight is 216 g/mol. The molecule has 1 aliphatic rings. The minimum absolute atomic E-state index is 0.0322. The molecule has 0 aliphatic carbocycles. The van der Waals surface area contributed by atoms with Crippen LogP contribution in [-0.2, 0) is 4.74 Å². The fourth-order valence-electron chi connectivity index (χ4n) is 1.89. The lowest BCUT2D eigenvalue weighted by molar-refractivity contribution is -0.137. The lowest BCUT2D eigenvalue weighted by atomic mass is 9.87. The SMILES string of the molecule is C=C(O)C1C[C@@H](O)[C@@H](C)[C@@H](CC(C)O)O1. The van der Waals surface area contributed by atoms with Gasteiger partial charge in [0.15, 0.2) is 0 Å². The predicted octanol–water partition coefficient (Wildman–Crippen LogP) is 0.984. The quantitative estimate of drug-likeness (QED) is 0.615. The van der Waals surface area contributed by atoms with Crippen molar-refractivity contribution in [1.82, 2.24) is 0 Å². The van der Waals surface area contributed by atoms with Gasteiger partial charge in [-0.1, -0.05) is 13.5 Å². The number of hydrogen-bond acceptors (Lipinski definition) is 4. The summed E-state index contributed by atoms with van der Waals surface area (Å²) in [4.78, 5) is 0. The molecule has 2 unspecified atom stereocenters. The Kier molecular flexibility index (Phi) is 4.13. The van der Waals surface area contributed by atoms with Crippen LogP contribution in [0.15, 0.2) is 12.3 Å². The maximum absolute atomic E-state index is 9.77. The molecule has 0 aromatic rings. The number of hydrogen-bond donors (Lipinski definition) is 3. The van der Waals surface area contributed by atoms with Gasteiger partial charge in [-0.15, -0.1) is 0 Å². The molecule has 88 valence electrons. The van der Waals surface area contributed by atoms with Gasteiger partial charge >= 0.3 is 0 Å². The van der Waals surface area contributed by atoms with Crippen LogP contribution < -0.4 is 0 Å². The topological polar surface area (TPSA) is 69.9 Å². The monoisotopic (exact) mass is 216 g/mol. The van der Waals surface area contributed by atoms with Gasteiger partial charge in [-0.05, 0) is 13.3 Å². The standard InChI is InChI=1S/C11H20O4/c1-6(12)4-10-7(2)9(14)5-11(15-10)8(3)13/h6-7,9-14H,3-5H2,1-2H3/t6?,7-,9-,10-,11?/m1/s1. The second-order valence-corrected chi connectivity index (χ2v) is 4.40. The summed E-state index contributed by atoms with van der Waals surface area (Å²) >= 11 is 0. The highest BCUT2D eigenvalue weighted by atomic mass is 16.5. The fraction of sp³-hybridized carbons (Fsp3) is 0.818. The van der Waals surface area contributed by atoms with Crippen LogP contribution in [0.1, 0.15) is 26.7 Å². The average Bonchev–Trinajstić information content (AvgIpc) is 2.11. The van der Waals surface area contributed by atoms with Gasteiger partial charge in [0.05, 0.1) is 18.3 Å². The van der Waals surface area contributed by atoms with Crippen molar-refractivity contribution < 1.29 is 20.1 Å². The molecular formula is C11H20O4. The molecule has 1 fully saturated rings. The molecule has 1 saturated heterocycles. The first kappa shape index (κ1) is 12.5. The van der Waals surface area contributed by atoms with Crippen LogP contribution in [-0.4, -0.2) is 39.7 Å². The molecule has 0 amide bonds. The Hall–Kier alpha value is -0.580. The first-order valence-electron chi connectivity index (χ1n) is 5.31. The van der Waals surface area contributed by atoms with Crippen molar-refractivity contribution in [2.45, 2.75) is 51.1 Å². The largest absolute Gasteiger partial charge is 0.510 e. The van der Waals surface area contributed by atoms with E-state index in [1.54, 1.807) is 6.92 Å². The Labute approximate surface area is 90.2 Å². The molecule has 1 heterocycles. The van der Waals surface area contributed by atoms with E-state index in [2.05, 4.69) is 6.58 Å². The normalized spacial score (nSPS) is 38.7. The van der Waals surface area contributed by atoms with Gasteiger partial charge in [-0.2, -0.15) is 0 Å². The molecule has 1 aliphatic heterocycles. The summed E-state index contributed by atoms with van der Waals surface area (Å²) < 4.78 is 5.57. The van der Waals surface area contributed by atoms with Gasteiger partial charge < -0.3 is 20.1 Å². The Balaban J connectivity index is 2.64. The van der Waals surface area contributed by atoms with E-state index in [4.69, 9.17) is 4.74 Å².